The van der Waals surface area contributed by atoms with Crippen molar-refractivity contribution in [1.82, 2.24) is 4.57 Å². The fourth-order valence-electron chi connectivity index (χ4n) is 3.63. The summed E-state index contributed by atoms with van der Waals surface area (Å²) in [6.45, 7) is 0. The lowest BCUT2D eigenvalue weighted by atomic mass is 9.97. The predicted octanol–water partition coefficient (Wildman–Crippen LogP) is 4.75. The highest BCUT2D eigenvalue weighted by Crippen LogP contribution is 2.30. The summed E-state index contributed by atoms with van der Waals surface area (Å²) in [6, 6.07) is 23.1. The van der Waals surface area contributed by atoms with E-state index in [0.29, 0.717) is 5.70 Å². The van der Waals surface area contributed by atoms with E-state index >= 15 is 0 Å². The first kappa shape index (κ1) is 16.0. The molecule has 26 heavy (non-hydrogen) atoms. The van der Waals surface area contributed by atoms with Gasteiger partial charge in [-0.3, -0.25) is 0 Å². The van der Waals surface area contributed by atoms with Crippen LogP contribution in [0.1, 0.15) is 16.7 Å². The molecule has 126 valence electrons. The Labute approximate surface area is 152 Å². The third-order valence-electron chi connectivity index (χ3n) is 4.83. The van der Waals surface area contributed by atoms with Gasteiger partial charge in [0.05, 0.1) is 11.8 Å². The average Bonchev–Trinajstić information content (AvgIpc) is 2.98. The van der Waals surface area contributed by atoms with Crippen LogP contribution in [0, 0.1) is 11.3 Å². The summed E-state index contributed by atoms with van der Waals surface area (Å²) in [6.07, 6.45) is 4.38. The van der Waals surface area contributed by atoms with E-state index in [4.69, 9.17) is 11.0 Å². The molecule has 4 rings (SSSR count). The van der Waals surface area contributed by atoms with Crippen molar-refractivity contribution in [2.24, 2.45) is 12.8 Å². The van der Waals surface area contributed by atoms with Crippen LogP contribution in [-0.2, 0) is 13.5 Å². The Hall–Kier alpha value is -3.51. The van der Waals surface area contributed by atoms with Crippen molar-refractivity contribution >= 4 is 27.4 Å². The highest BCUT2D eigenvalue weighted by molar-refractivity contribution is 5.95. The minimum atomic E-state index is 0.504. The molecule has 0 spiro atoms. The summed E-state index contributed by atoms with van der Waals surface area (Å²) in [7, 11) is 2.04. The molecular formula is C23H19N3. The smallest absolute Gasteiger partial charge is 0.0933 e. The molecule has 0 fully saturated rings. The summed E-state index contributed by atoms with van der Waals surface area (Å²) in [5, 5.41) is 12.6. The molecule has 0 atom stereocenters. The summed E-state index contributed by atoms with van der Waals surface area (Å²) >= 11 is 0. The first-order valence-corrected chi connectivity index (χ1v) is 8.57. The minimum absolute atomic E-state index is 0.504. The van der Waals surface area contributed by atoms with E-state index in [1.807, 2.05) is 25.2 Å². The number of nitrogens with zero attached hydrogens (tertiary/aromatic N) is 2. The molecule has 0 radical (unpaired) electrons. The molecule has 3 heteroatoms. The molecule has 1 aromatic heterocycles. The Kier molecular flexibility index (Phi) is 3.95. The standard InChI is InChI=1S/C23H19N3/c1-26-15-19(14-16-9-10-17-5-2-3-6-18(17)13-16)23-20(21(25)11-12-24)7-4-8-22(23)26/h2-11,13,15H,14,25H2,1H3. The van der Waals surface area contributed by atoms with E-state index in [9.17, 15) is 0 Å². The van der Waals surface area contributed by atoms with E-state index in [1.54, 1.807) is 0 Å². The summed E-state index contributed by atoms with van der Waals surface area (Å²) in [5.74, 6) is 0. The molecule has 0 aliphatic carbocycles. The lowest BCUT2D eigenvalue weighted by Gasteiger charge is -2.07. The molecule has 0 saturated heterocycles. The van der Waals surface area contributed by atoms with Gasteiger partial charge in [0.25, 0.3) is 0 Å². The summed E-state index contributed by atoms with van der Waals surface area (Å²) < 4.78 is 2.12. The molecule has 3 aromatic carbocycles. The maximum absolute atomic E-state index is 8.97. The molecular weight excluding hydrogens is 318 g/mol. The zero-order chi connectivity index (χ0) is 18.1. The van der Waals surface area contributed by atoms with Crippen LogP contribution in [0.2, 0.25) is 0 Å². The van der Waals surface area contributed by atoms with E-state index in [-0.39, 0.29) is 0 Å². The zero-order valence-corrected chi connectivity index (χ0v) is 14.6. The van der Waals surface area contributed by atoms with E-state index in [2.05, 4.69) is 59.3 Å². The van der Waals surface area contributed by atoms with Crippen LogP contribution >= 0.6 is 0 Å². The number of fused-ring (bicyclic) bond motifs is 2. The second-order valence-corrected chi connectivity index (χ2v) is 6.55. The van der Waals surface area contributed by atoms with Gasteiger partial charge in [-0.05, 0) is 34.4 Å². The predicted molar refractivity (Wildman–Crippen MR) is 107 cm³/mol. The van der Waals surface area contributed by atoms with Crippen molar-refractivity contribution in [3.05, 3.63) is 89.6 Å². The van der Waals surface area contributed by atoms with Gasteiger partial charge in [-0.25, -0.2) is 0 Å². The highest BCUT2D eigenvalue weighted by Gasteiger charge is 2.13. The van der Waals surface area contributed by atoms with Gasteiger partial charge in [-0.2, -0.15) is 5.26 Å². The SMILES string of the molecule is Cn1cc(Cc2ccc3ccccc3c2)c2c(C(N)=CC#N)cccc21. The van der Waals surface area contributed by atoms with Crippen molar-refractivity contribution < 1.29 is 0 Å². The highest BCUT2D eigenvalue weighted by atomic mass is 14.9. The van der Waals surface area contributed by atoms with Gasteiger partial charge in [-0.15, -0.1) is 0 Å². The van der Waals surface area contributed by atoms with Crippen LogP contribution in [0.5, 0.6) is 0 Å². The van der Waals surface area contributed by atoms with Gasteiger partial charge in [0, 0.05) is 35.8 Å². The van der Waals surface area contributed by atoms with E-state index in [0.717, 1.165) is 22.9 Å². The Morgan fingerprint density at radius 3 is 2.69 bits per heavy atom. The van der Waals surface area contributed by atoms with Gasteiger partial charge in [0.15, 0.2) is 0 Å². The summed E-state index contributed by atoms with van der Waals surface area (Å²) in [5.41, 5.74) is 11.2. The number of aromatic nitrogens is 1. The number of allylic oxidation sites excluding steroid dienone is 1. The molecule has 0 aliphatic heterocycles. The third kappa shape index (κ3) is 2.72. The Morgan fingerprint density at radius 1 is 1.08 bits per heavy atom. The molecule has 0 bridgehead atoms. The van der Waals surface area contributed by atoms with Crippen LogP contribution in [0.4, 0.5) is 0 Å². The molecule has 2 N–H and O–H groups in total. The second kappa shape index (κ2) is 6.42. The lowest BCUT2D eigenvalue weighted by molar-refractivity contribution is 0.958. The first-order valence-electron chi connectivity index (χ1n) is 8.57. The van der Waals surface area contributed by atoms with E-state index in [1.165, 1.54) is 28.0 Å². The number of hydrogen-bond acceptors (Lipinski definition) is 2. The van der Waals surface area contributed by atoms with Crippen molar-refractivity contribution in [3.63, 3.8) is 0 Å². The molecule has 0 unspecified atom stereocenters. The fourth-order valence-corrected chi connectivity index (χ4v) is 3.63. The van der Waals surface area contributed by atoms with Crippen molar-refractivity contribution in [2.45, 2.75) is 6.42 Å². The van der Waals surface area contributed by atoms with Crippen molar-refractivity contribution in [2.75, 3.05) is 0 Å². The average molecular weight is 337 g/mol. The van der Waals surface area contributed by atoms with Gasteiger partial charge in [0.1, 0.15) is 0 Å². The van der Waals surface area contributed by atoms with Crippen LogP contribution in [-0.4, -0.2) is 4.57 Å². The van der Waals surface area contributed by atoms with Crippen LogP contribution in [0.3, 0.4) is 0 Å². The minimum Gasteiger partial charge on any atom is -0.398 e. The van der Waals surface area contributed by atoms with Gasteiger partial charge in [0.2, 0.25) is 0 Å². The molecule has 0 amide bonds. The summed E-state index contributed by atoms with van der Waals surface area (Å²) in [4.78, 5) is 0. The second-order valence-electron chi connectivity index (χ2n) is 6.55. The fraction of sp³-hybridized carbons (Fsp3) is 0.0870. The number of aryl methyl sites for hydroxylation is 1. The van der Waals surface area contributed by atoms with Gasteiger partial charge in [-0.1, -0.05) is 54.6 Å². The zero-order valence-electron chi connectivity index (χ0n) is 14.6. The first-order chi connectivity index (χ1) is 12.7. The Bertz CT molecular complexity index is 1190. The number of benzene rings is 3. The maximum atomic E-state index is 8.97. The van der Waals surface area contributed by atoms with Crippen LogP contribution in [0.25, 0.3) is 27.4 Å². The molecule has 1 heterocycles. The Balaban J connectivity index is 1.85. The van der Waals surface area contributed by atoms with Crippen molar-refractivity contribution in [3.8, 4) is 6.07 Å². The van der Waals surface area contributed by atoms with Gasteiger partial charge >= 0.3 is 0 Å². The lowest BCUT2D eigenvalue weighted by Crippen LogP contribution is -1.98. The van der Waals surface area contributed by atoms with Crippen LogP contribution in [0.15, 0.2) is 72.9 Å². The van der Waals surface area contributed by atoms with E-state index < -0.39 is 0 Å². The molecule has 0 aliphatic rings. The molecule has 4 aromatic rings. The normalized spacial score (nSPS) is 11.8. The number of hydrogen-bond donors (Lipinski definition) is 1. The largest absolute Gasteiger partial charge is 0.398 e. The number of nitriles is 1. The molecule has 3 nitrogen and oxygen atoms in total. The number of nitrogens with two attached hydrogens (primary N) is 1. The molecule has 0 saturated carbocycles. The maximum Gasteiger partial charge on any atom is 0.0933 e. The Morgan fingerprint density at radius 2 is 1.88 bits per heavy atom. The monoisotopic (exact) mass is 337 g/mol. The topological polar surface area (TPSA) is 54.7 Å². The quantitative estimate of drug-likeness (QED) is 0.549. The van der Waals surface area contributed by atoms with Crippen LogP contribution < -0.4 is 5.73 Å². The van der Waals surface area contributed by atoms with Crippen molar-refractivity contribution in [1.29, 1.82) is 5.26 Å². The third-order valence-corrected chi connectivity index (χ3v) is 4.83. The number of rotatable bonds is 3. The van der Waals surface area contributed by atoms with Gasteiger partial charge < -0.3 is 10.3 Å².